The number of nitrogens with two attached hydrogens (primary N) is 1. The van der Waals surface area contributed by atoms with Crippen LogP contribution in [-0.4, -0.2) is 42.7 Å². The first-order valence-corrected chi connectivity index (χ1v) is 6.98. The first-order chi connectivity index (χ1) is 9.52. The second kappa shape index (κ2) is 8.55. The predicted octanol–water partition coefficient (Wildman–Crippen LogP) is 1.61. The van der Waals surface area contributed by atoms with Crippen molar-refractivity contribution < 1.29 is 9.90 Å². The Kier molecular flexibility index (Phi) is 7.04. The largest absolute Gasteiger partial charge is 0.398 e. The van der Waals surface area contributed by atoms with Crippen molar-refractivity contribution in [3.05, 3.63) is 23.8 Å². The van der Waals surface area contributed by atoms with Crippen LogP contribution >= 0.6 is 0 Å². The summed E-state index contributed by atoms with van der Waals surface area (Å²) in [5, 5.41) is 11.5. The topological polar surface area (TPSA) is 78.6 Å². The number of hydrogen-bond acceptors (Lipinski definition) is 4. The van der Waals surface area contributed by atoms with Crippen molar-refractivity contribution in [2.75, 3.05) is 37.8 Å². The highest BCUT2D eigenvalue weighted by Crippen LogP contribution is 2.16. The fraction of sp³-hybridized carbons (Fsp3) is 0.533. The number of anilines is 2. The van der Waals surface area contributed by atoms with E-state index in [0.29, 0.717) is 12.2 Å². The number of nitrogens with one attached hydrogen (secondary N) is 1. The SMILES string of the molecule is Cc1ccc(NC(=O)CN(C)CCCCCO)cc1N. The van der Waals surface area contributed by atoms with Gasteiger partial charge in [0.15, 0.2) is 0 Å². The Hall–Kier alpha value is -1.59. The zero-order valence-corrected chi connectivity index (χ0v) is 12.4. The van der Waals surface area contributed by atoms with Gasteiger partial charge in [-0.1, -0.05) is 6.07 Å². The fourth-order valence-corrected chi connectivity index (χ4v) is 1.91. The lowest BCUT2D eigenvalue weighted by Crippen LogP contribution is -2.30. The molecular weight excluding hydrogens is 254 g/mol. The van der Waals surface area contributed by atoms with Gasteiger partial charge in [-0.25, -0.2) is 0 Å². The summed E-state index contributed by atoms with van der Waals surface area (Å²) in [5.74, 6) is -0.0436. The van der Waals surface area contributed by atoms with Crippen molar-refractivity contribution in [2.45, 2.75) is 26.2 Å². The number of hydrogen-bond donors (Lipinski definition) is 3. The lowest BCUT2D eigenvalue weighted by molar-refractivity contribution is -0.117. The van der Waals surface area contributed by atoms with E-state index < -0.39 is 0 Å². The molecule has 0 fully saturated rings. The number of nitrogens with zero attached hydrogens (tertiary/aromatic N) is 1. The van der Waals surface area contributed by atoms with E-state index in [1.807, 2.05) is 31.0 Å². The van der Waals surface area contributed by atoms with Gasteiger partial charge in [0.25, 0.3) is 0 Å². The Morgan fingerprint density at radius 2 is 2.10 bits per heavy atom. The average Bonchev–Trinajstić information content (AvgIpc) is 2.39. The van der Waals surface area contributed by atoms with Crippen LogP contribution in [0.4, 0.5) is 11.4 Å². The molecule has 5 nitrogen and oxygen atoms in total. The quantitative estimate of drug-likeness (QED) is 0.499. The molecule has 0 spiro atoms. The van der Waals surface area contributed by atoms with E-state index in [1.165, 1.54) is 0 Å². The summed E-state index contributed by atoms with van der Waals surface area (Å²) in [4.78, 5) is 13.9. The molecule has 0 bridgehead atoms. The number of likely N-dealkylation sites (N-methyl/N-ethyl adjacent to an activating group) is 1. The van der Waals surface area contributed by atoms with E-state index in [1.54, 1.807) is 6.07 Å². The second-order valence-electron chi connectivity index (χ2n) is 5.14. The summed E-state index contributed by atoms with van der Waals surface area (Å²) in [6.45, 7) is 3.37. The lowest BCUT2D eigenvalue weighted by Gasteiger charge is -2.16. The Morgan fingerprint density at radius 3 is 2.75 bits per heavy atom. The van der Waals surface area contributed by atoms with Crippen LogP contribution in [0.2, 0.25) is 0 Å². The molecular formula is C15H25N3O2. The first kappa shape index (κ1) is 16.5. The molecule has 0 saturated heterocycles. The molecule has 0 unspecified atom stereocenters. The summed E-state index contributed by atoms with van der Waals surface area (Å²) in [6, 6.07) is 5.52. The number of carbonyl (C=O) groups is 1. The van der Waals surface area contributed by atoms with Crippen LogP contribution in [0.25, 0.3) is 0 Å². The summed E-state index contributed by atoms with van der Waals surface area (Å²) in [7, 11) is 1.92. The highest BCUT2D eigenvalue weighted by Gasteiger charge is 2.07. The Balaban J connectivity index is 2.33. The third-order valence-electron chi connectivity index (χ3n) is 3.17. The van der Waals surface area contributed by atoms with Gasteiger partial charge in [0.05, 0.1) is 6.54 Å². The van der Waals surface area contributed by atoms with Crippen molar-refractivity contribution in [3.8, 4) is 0 Å². The van der Waals surface area contributed by atoms with Crippen LogP contribution in [-0.2, 0) is 4.79 Å². The fourth-order valence-electron chi connectivity index (χ4n) is 1.91. The highest BCUT2D eigenvalue weighted by molar-refractivity contribution is 5.92. The number of aliphatic hydroxyl groups excluding tert-OH is 1. The van der Waals surface area contributed by atoms with Crippen LogP contribution in [0.15, 0.2) is 18.2 Å². The molecule has 0 aliphatic heterocycles. The van der Waals surface area contributed by atoms with Gasteiger partial charge in [-0.15, -0.1) is 0 Å². The van der Waals surface area contributed by atoms with Crippen LogP contribution in [0, 0.1) is 6.92 Å². The zero-order chi connectivity index (χ0) is 15.0. The molecule has 0 aromatic heterocycles. The number of rotatable bonds is 8. The van der Waals surface area contributed by atoms with Gasteiger partial charge in [-0.2, -0.15) is 0 Å². The molecule has 0 aliphatic rings. The van der Waals surface area contributed by atoms with Gasteiger partial charge in [0, 0.05) is 18.0 Å². The molecule has 4 N–H and O–H groups in total. The van der Waals surface area contributed by atoms with Crippen molar-refractivity contribution in [2.24, 2.45) is 0 Å². The summed E-state index contributed by atoms with van der Waals surface area (Å²) in [5.41, 5.74) is 8.22. The zero-order valence-electron chi connectivity index (χ0n) is 12.4. The molecule has 5 heteroatoms. The van der Waals surface area contributed by atoms with Crippen molar-refractivity contribution in [3.63, 3.8) is 0 Å². The van der Waals surface area contributed by atoms with Gasteiger partial charge >= 0.3 is 0 Å². The van der Waals surface area contributed by atoms with E-state index in [-0.39, 0.29) is 12.5 Å². The summed E-state index contributed by atoms with van der Waals surface area (Å²) in [6.07, 6.45) is 2.79. The van der Waals surface area contributed by atoms with E-state index in [9.17, 15) is 4.79 Å². The Bertz CT molecular complexity index is 435. The normalized spacial score (nSPS) is 10.8. The van der Waals surface area contributed by atoms with Crippen LogP contribution < -0.4 is 11.1 Å². The highest BCUT2D eigenvalue weighted by atomic mass is 16.2. The van der Waals surface area contributed by atoms with Gasteiger partial charge < -0.3 is 16.2 Å². The van der Waals surface area contributed by atoms with Crippen molar-refractivity contribution in [1.29, 1.82) is 0 Å². The molecule has 0 aliphatic carbocycles. The molecule has 112 valence electrons. The second-order valence-corrected chi connectivity index (χ2v) is 5.14. The molecule has 0 atom stereocenters. The molecule has 1 rings (SSSR count). The van der Waals surface area contributed by atoms with Crippen LogP contribution in [0.1, 0.15) is 24.8 Å². The monoisotopic (exact) mass is 279 g/mol. The smallest absolute Gasteiger partial charge is 0.238 e. The minimum atomic E-state index is -0.0436. The van der Waals surface area contributed by atoms with Gasteiger partial charge in [0.2, 0.25) is 5.91 Å². The number of aliphatic hydroxyl groups is 1. The standard InChI is InChI=1S/C15H25N3O2/c1-12-6-7-13(10-14(12)16)17-15(20)11-18(2)8-4-3-5-9-19/h6-7,10,19H,3-5,8-9,11,16H2,1-2H3,(H,17,20). The van der Waals surface area contributed by atoms with Crippen molar-refractivity contribution >= 4 is 17.3 Å². The average molecular weight is 279 g/mol. The van der Waals surface area contributed by atoms with Gasteiger partial charge in [0.1, 0.15) is 0 Å². The van der Waals surface area contributed by atoms with Crippen LogP contribution in [0.3, 0.4) is 0 Å². The number of amides is 1. The number of aryl methyl sites for hydroxylation is 1. The number of nitrogen functional groups attached to an aromatic ring is 1. The third kappa shape index (κ3) is 6.04. The molecule has 0 saturated carbocycles. The molecule has 0 heterocycles. The molecule has 1 aromatic carbocycles. The maximum Gasteiger partial charge on any atom is 0.238 e. The number of benzene rings is 1. The van der Waals surface area contributed by atoms with E-state index >= 15 is 0 Å². The van der Waals surface area contributed by atoms with Gasteiger partial charge in [-0.3, -0.25) is 9.69 Å². The minimum absolute atomic E-state index is 0.0436. The number of carbonyl (C=O) groups excluding carboxylic acids is 1. The maximum atomic E-state index is 11.9. The lowest BCUT2D eigenvalue weighted by atomic mass is 10.2. The van der Waals surface area contributed by atoms with E-state index in [2.05, 4.69) is 5.32 Å². The summed E-state index contributed by atoms with van der Waals surface area (Å²) < 4.78 is 0. The molecule has 20 heavy (non-hydrogen) atoms. The molecule has 0 radical (unpaired) electrons. The Labute approximate surface area is 120 Å². The van der Waals surface area contributed by atoms with E-state index in [4.69, 9.17) is 10.8 Å². The first-order valence-electron chi connectivity index (χ1n) is 6.98. The minimum Gasteiger partial charge on any atom is -0.398 e. The molecule has 1 aromatic rings. The van der Waals surface area contributed by atoms with E-state index in [0.717, 1.165) is 37.1 Å². The molecule has 1 amide bonds. The maximum absolute atomic E-state index is 11.9. The third-order valence-corrected chi connectivity index (χ3v) is 3.17. The van der Waals surface area contributed by atoms with Crippen LogP contribution in [0.5, 0.6) is 0 Å². The summed E-state index contributed by atoms with van der Waals surface area (Å²) >= 11 is 0. The van der Waals surface area contributed by atoms with Gasteiger partial charge in [-0.05, 0) is 57.5 Å². The Morgan fingerprint density at radius 1 is 1.35 bits per heavy atom. The number of unbranched alkanes of at least 4 members (excludes halogenated alkanes) is 2. The van der Waals surface area contributed by atoms with Crippen molar-refractivity contribution in [1.82, 2.24) is 4.90 Å². The predicted molar refractivity (Wildman–Crippen MR) is 82.7 cm³/mol.